The average molecular weight is 237 g/mol. The predicted molar refractivity (Wildman–Crippen MR) is 68.3 cm³/mol. The van der Waals surface area contributed by atoms with Gasteiger partial charge in [-0.1, -0.05) is 25.7 Å². The van der Waals surface area contributed by atoms with E-state index in [9.17, 15) is 0 Å². The summed E-state index contributed by atoms with van der Waals surface area (Å²) in [6.07, 6.45) is 12.1. The van der Waals surface area contributed by atoms with Crippen LogP contribution in [0.2, 0.25) is 0 Å². The van der Waals surface area contributed by atoms with E-state index in [1.807, 2.05) is 6.26 Å². The fourth-order valence-corrected chi connectivity index (χ4v) is 2.22. The van der Waals surface area contributed by atoms with Crippen LogP contribution in [-0.2, 0) is 9.47 Å². The number of unbranched alkanes of at least 4 members (excludes halogenated alkanes) is 1. The van der Waals surface area contributed by atoms with Crippen LogP contribution in [0.1, 0.15) is 38.5 Å². The maximum absolute atomic E-state index is 5.34. The number of nitrogens with two attached hydrogens (primary N) is 1. The van der Waals surface area contributed by atoms with Crippen LogP contribution in [0.3, 0.4) is 0 Å². The molecule has 0 atom stereocenters. The van der Waals surface area contributed by atoms with Crippen molar-refractivity contribution in [3.05, 3.63) is 23.5 Å². The molecule has 0 saturated heterocycles. The highest BCUT2D eigenvalue weighted by molar-refractivity contribution is 5.32. The van der Waals surface area contributed by atoms with Crippen LogP contribution < -0.4 is 5.73 Å². The highest BCUT2D eigenvalue weighted by atomic mass is 16.5. The fraction of sp³-hybridized carbons (Fsp3) is 0.714. The van der Waals surface area contributed by atoms with E-state index in [4.69, 9.17) is 15.2 Å². The number of rotatable bonds is 8. The van der Waals surface area contributed by atoms with Gasteiger partial charge in [-0.15, -0.1) is 0 Å². The SMILES string of the molecule is NCOCC1=COCC=C1CCCCC1CC1. The fourth-order valence-electron chi connectivity index (χ4n) is 2.22. The Morgan fingerprint density at radius 2 is 2.18 bits per heavy atom. The third kappa shape index (κ3) is 4.52. The molecular formula is C14H23NO2. The molecule has 3 nitrogen and oxygen atoms in total. The first-order chi connectivity index (χ1) is 8.40. The van der Waals surface area contributed by atoms with Crippen molar-refractivity contribution in [1.82, 2.24) is 0 Å². The Hall–Kier alpha value is -0.800. The highest BCUT2D eigenvalue weighted by Crippen LogP contribution is 2.34. The zero-order valence-corrected chi connectivity index (χ0v) is 10.5. The molecule has 0 aromatic rings. The molecule has 0 bridgehead atoms. The third-order valence-corrected chi connectivity index (χ3v) is 3.44. The van der Waals surface area contributed by atoms with Gasteiger partial charge >= 0.3 is 0 Å². The summed E-state index contributed by atoms with van der Waals surface area (Å²) in [5, 5.41) is 0. The molecule has 0 aromatic carbocycles. The van der Waals surface area contributed by atoms with E-state index in [1.54, 1.807) is 0 Å². The lowest BCUT2D eigenvalue weighted by Crippen LogP contribution is -2.11. The van der Waals surface area contributed by atoms with E-state index in [1.165, 1.54) is 37.7 Å². The monoisotopic (exact) mass is 237 g/mol. The van der Waals surface area contributed by atoms with E-state index in [0.29, 0.717) is 13.2 Å². The zero-order chi connectivity index (χ0) is 11.9. The summed E-state index contributed by atoms with van der Waals surface area (Å²) in [4.78, 5) is 0. The van der Waals surface area contributed by atoms with Gasteiger partial charge in [0, 0.05) is 5.57 Å². The normalized spacial score (nSPS) is 19.6. The summed E-state index contributed by atoms with van der Waals surface area (Å²) in [6, 6.07) is 0. The second kappa shape index (κ2) is 6.82. The van der Waals surface area contributed by atoms with Crippen molar-refractivity contribution in [2.45, 2.75) is 38.5 Å². The molecule has 0 unspecified atom stereocenters. The molecule has 1 saturated carbocycles. The zero-order valence-electron chi connectivity index (χ0n) is 10.5. The van der Waals surface area contributed by atoms with Crippen molar-refractivity contribution >= 4 is 0 Å². The molecule has 1 heterocycles. The first-order valence-corrected chi connectivity index (χ1v) is 6.68. The van der Waals surface area contributed by atoms with Gasteiger partial charge < -0.3 is 15.2 Å². The first-order valence-electron chi connectivity index (χ1n) is 6.68. The molecule has 1 aliphatic heterocycles. The van der Waals surface area contributed by atoms with Crippen LogP contribution >= 0.6 is 0 Å². The van der Waals surface area contributed by atoms with Gasteiger partial charge in [0.2, 0.25) is 0 Å². The van der Waals surface area contributed by atoms with Crippen molar-refractivity contribution in [1.29, 1.82) is 0 Å². The number of hydrogen-bond donors (Lipinski definition) is 1. The van der Waals surface area contributed by atoms with Crippen LogP contribution in [0.4, 0.5) is 0 Å². The minimum Gasteiger partial charge on any atom is -0.497 e. The Balaban J connectivity index is 1.68. The summed E-state index contributed by atoms with van der Waals surface area (Å²) in [5.74, 6) is 1.05. The van der Waals surface area contributed by atoms with Crippen molar-refractivity contribution in [3.63, 3.8) is 0 Å². The van der Waals surface area contributed by atoms with Crippen molar-refractivity contribution in [2.24, 2.45) is 11.7 Å². The second-order valence-electron chi connectivity index (χ2n) is 4.91. The van der Waals surface area contributed by atoms with Crippen LogP contribution in [0.5, 0.6) is 0 Å². The first kappa shape index (κ1) is 12.7. The molecule has 96 valence electrons. The molecule has 1 aliphatic carbocycles. The Labute approximate surface area is 104 Å². The summed E-state index contributed by atoms with van der Waals surface area (Å²) in [5.41, 5.74) is 7.89. The summed E-state index contributed by atoms with van der Waals surface area (Å²) in [6.45, 7) is 1.54. The standard InChI is InChI=1S/C14H23NO2/c15-11-17-10-14-9-16-8-7-13(14)4-2-1-3-12-5-6-12/h7,9,12H,1-6,8,10-11,15H2. The van der Waals surface area contributed by atoms with E-state index in [-0.39, 0.29) is 6.73 Å². The molecule has 2 aliphatic rings. The van der Waals surface area contributed by atoms with Crippen LogP contribution in [0, 0.1) is 5.92 Å². The molecule has 0 amide bonds. The Morgan fingerprint density at radius 3 is 2.94 bits per heavy atom. The van der Waals surface area contributed by atoms with Gasteiger partial charge in [0.15, 0.2) is 0 Å². The third-order valence-electron chi connectivity index (χ3n) is 3.44. The van der Waals surface area contributed by atoms with Gasteiger partial charge in [0.1, 0.15) is 6.61 Å². The summed E-state index contributed by atoms with van der Waals surface area (Å²) >= 11 is 0. The minimum absolute atomic E-state index is 0.270. The average Bonchev–Trinajstić information content (AvgIpc) is 3.17. The van der Waals surface area contributed by atoms with E-state index < -0.39 is 0 Å². The molecule has 0 aromatic heterocycles. The molecule has 1 fully saturated rings. The van der Waals surface area contributed by atoms with Crippen LogP contribution in [-0.4, -0.2) is 19.9 Å². The van der Waals surface area contributed by atoms with Crippen LogP contribution in [0.25, 0.3) is 0 Å². The highest BCUT2D eigenvalue weighted by Gasteiger charge is 2.20. The molecule has 3 heteroatoms. The lowest BCUT2D eigenvalue weighted by atomic mass is 9.99. The number of hydrogen-bond acceptors (Lipinski definition) is 3. The predicted octanol–water partition coefficient (Wildman–Crippen LogP) is 2.73. The molecule has 2 rings (SSSR count). The molecular weight excluding hydrogens is 214 g/mol. The van der Waals surface area contributed by atoms with Gasteiger partial charge in [0.25, 0.3) is 0 Å². The number of ether oxygens (including phenoxy) is 2. The largest absolute Gasteiger partial charge is 0.497 e. The quantitative estimate of drug-likeness (QED) is 0.521. The van der Waals surface area contributed by atoms with Crippen LogP contribution in [0.15, 0.2) is 23.5 Å². The van der Waals surface area contributed by atoms with Gasteiger partial charge in [-0.2, -0.15) is 0 Å². The Morgan fingerprint density at radius 1 is 1.29 bits per heavy atom. The molecule has 2 N–H and O–H groups in total. The van der Waals surface area contributed by atoms with E-state index in [2.05, 4.69) is 6.08 Å². The van der Waals surface area contributed by atoms with Crippen molar-refractivity contribution in [2.75, 3.05) is 19.9 Å². The van der Waals surface area contributed by atoms with Crippen molar-refractivity contribution in [3.8, 4) is 0 Å². The minimum atomic E-state index is 0.270. The molecule has 0 spiro atoms. The summed E-state index contributed by atoms with van der Waals surface area (Å²) in [7, 11) is 0. The lowest BCUT2D eigenvalue weighted by Gasteiger charge is -2.16. The molecule has 0 radical (unpaired) electrons. The Kier molecular flexibility index (Phi) is 5.08. The van der Waals surface area contributed by atoms with E-state index >= 15 is 0 Å². The lowest BCUT2D eigenvalue weighted by molar-refractivity contribution is 0.159. The maximum Gasteiger partial charge on any atom is 0.106 e. The summed E-state index contributed by atoms with van der Waals surface area (Å²) < 4.78 is 10.6. The van der Waals surface area contributed by atoms with Crippen molar-refractivity contribution < 1.29 is 9.47 Å². The smallest absolute Gasteiger partial charge is 0.106 e. The van der Waals surface area contributed by atoms with Gasteiger partial charge in [-0.25, -0.2) is 0 Å². The topological polar surface area (TPSA) is 44.5 Å². The van der Waals surface area contributed by atoms with Gasteiger partial charge in [0.05, 0.1) is 19.6 Å². The maximum atomic E-state index is 5.34. The molecule has 17 heavy (non-hydrogen) atoms. The van der Waals surface area contributed by atoms with Gasteiger partial charge in [-0.05, 0) is 30.4 Å². The van der Waals surface area contributed by atoms with E-state index in [0.717, 1.165) is 17.9 Å². The Bertz CT molecular complexity index is 293. The second-order valence-corrected chi connectivity index (χ2v) is 4.91. The van der Waals surface area contributed by atoms with Gasteiger partial charge in [-0.3, -0.25) is 0 Å².